The molecule has 27 heavy (non-hydrogen) atoms. The fourth-order valence-corrected chi connectivity index (χ4v) is 3.49. The summed E-state index contributed by atoms with van der Waals surface area (Å²) in [4.78, 5) is 18.3. The molecule has 0 amide bonds. The summed E-state index contributed by atoms with van der Waals surface area (Å²) in [5.74, 6) is -0.417. The Labute approximate surface area is 168 Å². The van der Waals surface area contributed by atoms with E-state index in [1.807, 2.05) is 25.1 Å². The normalized spacial score (nSPS) is 11.4. The van der Waals surface area contributed by atoms with Crippen molar-refractivity contribution in [3.8, 4) is 11.8 Å². The van der Waals surface area contributed by atoms with Crippen LogP contribution in [0.3, 0.4) is 0 Å². The van der Waals surface area contributed by atoms with E-state index in [1.165, 1.54) is 0 Å². The molecule has 0 bridgehead atoms. The highest BCUT2D eigenvalue weighted by Gasteiger charge is 2.13. The molecule has 3 aromatic rings. The van der Waals surface area contributed by atoms with Gasteiger partial charge in [0.1, 0.15) is 11.9 Å². The number of rotatable bonds is 5. The summed E-state index contributed by atoms with van der Waals surface area (Å²) in [6, 6.07) is 11.2. The first-order valence-electron chi connectivity index (χ1n) is 7.79. The Morgan fingerprint density at radius 1 is 1.44 bits per heavy atom. The number of hydrogen-bond donors (Lipinski definition) is 2. The van der Waals surface area contributed by atoms with E-state index in [1.54, 1.807) is 18.2 Å². The highest BCUT2D eigenvalue weighted by Crippen LogP contribution is 2.35. The van der Waals surface area contributed by atoms with E-state index in [4.69, 9.17) is 21.4 Å². The van der Waals surface area contributed by atoms with Crippen LogP contribution in [0.2, 0.25) is 5.02 Å². The molecule has 2 aromatic carbocycles. The van der Waals surface area contributed by atoms with Crippen LogP contribution in [0.4, 0.5) is 0 Å². The molecule has 0 radical (unpaired) electrons. The van der Waals surface area contributed by atoms with Crippen LogP contribution in [0.25, 0.3) is 22.7 Å². The number of carboxylic acid groups (broad SMARTS) is 1. The first kappa shape index (κ1) is 19.0. The quantitative estimate of drug-likeness (QED) is 0.548. The van der Waals surface area contributed by atoms with Crippen LogP contribution >= 0.6 is 27.5 Å². The smallest absolute Gasteiger partial charge is 0.341 e. The van der Waals surface area contributed by atoms with Crippen molar-refractivity contribution < 1.29 is 14.6 Å². The molecule has 1 aromatic heterocycles. The molecule has 6 nitrogen and oxygen atoms in total. The van der Waals surface area contributed by atoms with Gasteiger partial charge in [-0.25, -0.2) is 9.78 Å². The lowest BCUT2D eigenvalue weighted by atomic mass is 10.1. The van der Waals surface area contributed by atoms with Gasteiger partial charge >= 0.3 is 5.97 Å². The number of aliphatic carboxylic acids is 1. The molecule has 0 fully saturated rings. The maximum Gasteiger partial charge on any atom is 0.341 e. The highest BCUT2D eigenvalue weighted by molar-refractivity contribution is 9.10. The zero-order valence-corrected chi connectivity index (χ0v) is 16.4. The number of aromatic amines is 1. The van der Waals surface area contributed by atoms with Crippen LogP contribution < -0.4 is 4.74 Å². The minimum absolute atomic E-state index is 0.230. The summed E-state index contributed by atoms with van der Waals surface area (Å²) in [5, 5.41) is 18.5. The lowest BCUT2D eigenvalue weighted by Crippen LogP contribution is -2.10. The van der Waals surface area contributed by atoms with Gasteiger partial charge in [0.15, 0.2) is 12.4 Å². The maximum absolute atomic E-state index is 10.7. The number of carbonyl (C=O) groups is 1. The number of benzene rings is 2. The molecule has 1 heterocycles. The highest BCUT2D eigenvalue weighted by atomic mass is 79.9. The van der Waals surface area contributed by atoms with Crippen LogP contribution in [0, 0.1) is 18.3 Å². The standard InChI is InChI=1S/C19H13BrClN3O3/c1-10-2-3-15-16(4-10)24-19(23-15)12(8-22)5-11-6-13(20)18(14(21)7-11)27-9-17(25)26/h2-7H,9H2,1H3,(H,23,24)(H,25,26)/b12-5-. The van der Waals surface area contributed by atoms with Crippen LogP contribution in [0.15, 0.2) is 34.8 Å². The molecule has 0 aliphatic heterocycles. The van der Waals surface area contributed by atoms with Crippen molar-refractivity contribution in [3.05, 3.63) is 56.8 Å². The molecular weight excluding hydrogens is 434 g/mol. The molecule has 136 valence electrons. The fourth-order valence-electron chi connectivity index (χ4n) is 2.51. The van der Waals surface area contributed by atoms with E-state index in [-0.39, 0.29) is 10.8 Å². The number of nitrogens with zero attached hydrogens (tertiary/aromatic N) is 2. The van der Waals surface area contributed by atoms with Crippen molar-refractivity contribution in [1.82, 2.24) is 9.97 Å². The summed E-state index contributed by atoms with van der Waals surface area (Å²) < 4.78 is 5.65. The van der Waals surface area contributed by atoms with Gasteiger partial charge in [0, 0.05) is 0 Å². The molecule has 0 spiro atoms. The Morgan fingerprint density at radius 3 is 2.89 bits per heavy atom. The number of nitriles is 1. The van der Waals surface area contributed by atoms with Crippen LogP contribution in [0.5, 0.6) is 5.75 Å². The van der Waals surface area contributed by atoms with Crippen molar-refractivity contribution in [3.63, 3.8) is 0 Å². The van der Waals surface area contributed by atoms with Gasteiger partial charge in [0.2, 0.25) is 0 Å². The van der Waals surface area contributed by atoms with E-state index < -0.39 is 12.6 Å². The average molecular weight is 447 g/mol. The maximum atomic E-state index is 10.7. The Kier molecular flexibility index (Phi) is 5.49. The van der Waals surface area contributed by atoms with Crippen molar-refractivity contribution in [2.24, 2.45) is 0 Å². The van der Waals surface area contributed by atoms with E-state index in [0.717, 1.165) is 16.6 Å². The Hall–Kier alpha value is -2.82. The summed E-state index contributed by atoms with van der Waals surface area (Å²) in [7, 11) is 0. The number of ether oxygens (including phenoxy) is 1. The van der Waals surface area contributed by atoms with Crippen LogP contribution in [-0.4, -0.2) is 27.7 Å². The Balaban J connectivity index is 1.97. The number of H-pyrrole nitrogens is 1. The van der Waals surface area contributed by atoms with Gasteiger partial charge in [-0.15, -0.1) is 0 Å². The van der Waals surface area contributed by atoms with Crippen molar-refractivity contribution in [2.75, 3.05) is 6.61 Å². The summed E-state index contributed by atoms with van der Waals surface area (Å²) in [6.07, 6.45) is 1.64. The number of aromatic nitrogens is 2. The van der Waals surface area contributed by atoms with Gasteiger partial charge in [0.25, 0.3) is 0 Å². The largest absolute Gasteiger partial charge is 0.479 e. The predicted molar refractivity (Wildman–Crippen MR) is 107 cm³/mol. The van der Waals surface area contributed by atoms with E-state index in [9.17, 15) is 10.1 Å². The van der Waals surface area contributed by atoms with Gasteiger partial charge in [-0.3, -0.25) is 0 Å². The number of nitrogens with one attached hydrogen (secondary N) is 1. The minimum Gasteiger partial charge on any atom is -0.479 e. The second-order valence-corrected chi connectivity index (χ2v) is 7.03. The number of hydrogen-bond acceptors (Lipinski definition) is 4. The number of carboxylic acids is 1. The second kappa shape index (κ2) is 7.82. The van der Waals surface area contributed by atoms with Crippen molar-refractivity contribution >= 4 is 56.2 Å². The molecule has 0 atom stereocenters. The fraction of sp³-hybridized carbons (Fsp3) is 0.105. The summed E-state index contributed by atoms with van der Waals surface area (Å²) in [6.45, 7) is 1.48. The van der Waals surface area contributed by atoms with Gasteiger partial charge in [-0.2, -0.15) is 5.26 Å². The number of halogens is 2. The monoisotopic (exact) mass is 445 g/mol. The zero-order chi connectivity index (χ0) is 19.6. The average Bonchev–Trinajstić information content (AvgIpc) is 3.01. The van der Waals surface area contributed by atoms with Gasteiger partial charge in [-0.05, 0) is 64.3 Å². The van der Waals surface area contributed by atoms with E-state index >= 15 is 0 Å². The molecule has 2 N–H and O–H groups in total. The number of imidazole rings is 1. The molecule has 0 aliphatic carbocycles. The van der Waals surface area contributed by atoms with Crippen molar-refractivity contribution in [2.45, 2.75) is 6.92 Å². The SMILES string of the molecule is Cc1ccc2nc(/C(C#N)=C\c3cc(Cl)c(OCC(=O)O)c(Br)c3)[nH]c2c1. The first-order valence-corrected chi connectivity index (χ1v) is 8.96. The van der Waals surface area contributed by atoms with Crippen molar-refractivity contribution in [1.29, 1.82) is 5.26 Å². The van der Waals surface area contributed by atoms with Gasteiger partial charge < -0.3 is 14.8 Å². The topological polar surface area (TPSA) is 99.0 Å². The Bertz CT molecular complexity index is 1090. The molecule has 0 saturated heterocycles. The molecule has 0 saturated carbocycles. The predicted octanol–water partition coefficient (Wildman–Crippen LogP) is 4.81. The van der Waals surface area contributed by atoms with E-state index in [0.29, 0.717) is 21.4 Å². The molecule has 0 unspecified atom stereocenters. The third kappa shape index (κ3) is 4.30. The third-order valence-corrected chi connectivity index (χ3v) is 4.55. The molecular formula is C19H13BrClN3O3. The third-order valence-electron chi connectivity index (χ3n) is 3.68. The molecule has 0 aliphatic rings. The summed E-state index contributed by atoms with van der Waals surface area (Å²) in [5.41, 5.74) is 3.69. The van der Waals surface area contributed by atoms with E-state index in [2.05, 4.69) is 32.0 Å². The molecule has 8 heteroatoms. The van der Waals surface area contributed by atoms with Gasteiger partial charge in [-0.1, -0.05) is 17.7 Å². The second-order valence-electron chi connectivity index (χ2n) is 5.77. The number of fused-ring (bicyclic) bond motifs is 1. The summed E-state index contributed by atoms with van der Waals surface area (Å²) >= 11 is 9.50. The zero-order valence-electron chi connectivity index (χ0n) is 14.1. The number of allylic oxidation sites excluding steroid dienone is 1. The van der Waals surface area contributed by atoms with Crippen LogP contribution in [-0.2, 0) is 4.79 Å². The number of aryl methyl sites for hydroxylation is 1. The first-order chi connectivity index (χ1) is 12.9. The lowest BCUT2D eigenvalue weighted by molar-refractivity contribution is -0.139. The Morgan fingerprint density at radius 2 is 2.22 bits per heavy atom. The molecule has 3 rings (SSSR count). The lowest BCUT2D eigenvalue weighted by Gasteiger charge is -2.09. The minimum atomic E-state index is -1.10. The van der Waals surface area contributed by atoms with Crippen LogP contribution in [0.1, 0.15) is 17.0 Å². The van der Waals surface area contributed by atoms with Gasteiger partial charge in [0.05, 0.1) is 26.1 Å².